The number of hydrogen-bond donors (Lipinski definition) is 0. The zero-order chi connectivity index (χ0) is 22.6. The SMILES string of the molecule is CCCOCC(COCC)(COCC)COCC(COCC)(COCC)COCC. The summed E-state index contributed by atoms with van der Waals surface area (Å²) in [6.07, 6.45) is 0.973. The Kier molecular flexibility index (Phi) is 19.2. The summed E-state index contributed by atoms with van der Waals surface area (Å²) in [5.74, 6) is 0. The molecule has 0 aliphatic rings. The van der Waals surface area contributed by atoms with E-state index in [1.165, 1.54) is 0 Å². The van der Waals surface area contributed by atoms with E-state index < -0.39 is 0 Å². The average molecular weight is 437 g/mol. The first-order chi connectivity index (χ1) is 14.6. The van der Waals surface area contributed by atoms with Crippen LogP contribution in [0.15, 0.2) is 0 Å². The highest BCUT2D eigenvalue weighted by atomic mass is 16.5. The van der Waals surface area contributed by atoms with E-state index in [-0.39, 0.29) is 10.8 Å². The van der Waals surface area contributed by atoms with Crippen LogP contribution in [0.25, 0.3) is 0 Å². The van der Waals surface area contributed by atoms with Crippen molar-refractivity contribution in [3.8, 4) is 0 Å². The molecule has 0 aliphatic carbocycles. The van der Waals surface area contributed by atoms with Gasteiger partial charge in [0.15, 0.2) is 0 Å². The largest absolute Gasteiger partial charge is 0.381 e. The summed E-state index contributed by atoms with van der Waals surface area (Å²) in [5.41, 5.74) is -0.703. The highest BCUT2D eigenvalue weighted by molar-refractivity contribution is 4.83. The summed E-state index contributed by atoms with van der Waals surface area (Å²) < 4.78 is 41.1. The number of ether oxygens (including phenoxy) is 7. The molecule has 0 amide bonds. The maximum absolute atomic E-state index is 6.30. The Morgan fingerprint density at radius 1 is 0.367 bits per heavy atom. The van der Waals surface area contributed by atoms with Gasteiger partial charge in [-0.05, 0) is 41.0 Å². The van der Waals surface area contributed by atoms with Gasteiger partial charge in [0.25, 0.3) is 0 Å². The van der Waals surface area contributed by atoms with E-state index in [4.69, 9.17) is 33.2 Å². The summed E-state index contributed by atoms with van der Waals surface area (Å²) in [7, 11) is 0. The Morgan fingerprint density at radius 2 is 0.633 bits per heavy atom. The smallest absolute Gasteiger partial charge is 0.0637 e. The minimum absolute atomic E-state index is 0.351. The van der Waals surface area contributed by atoms with E-state index in [1.54, 1.807) is 0 Å². The van der Waals surface area contributed by atoms with Crippen molar-refractivity contribution in [2.24, 2.45) is 10.8 Å². The molecule has 0 saturated heterocycles. The van der Waals surface area contributed by atoms with Crippen LogP contribution < -0.4 is 0 Å². The fraction of sp³-hybridized carbons (Fsp3) is 1.00. The van der Waals surface area contributed by atoms with Crippen molar-refractivity contribution in [1.29, 1.82) is 0 Å². The molecule has 0 bridgehead atoms. The minimum Gasteiger partial charge on any atom is -0.381 e. The molecule has 0 heterocycles. The van der Waals surface area contributed by atoms with Crippen LogP contribution in [-0.4, -0.2) is 92.5 Å². The van der Waals surface area contributed by atoms with Gasteiger partial charge in [0.2, 0.25) is 0 Å². The van der Waals surface area contributed by atoms with Crippen molar-refractivity contribution >= 4 is 0 Å². The molecule has 30 heavy (non-hydrogen) atoms. The third kappa shape index (κ3) is 13.2. The summed E-state index contributed by atoms with van der Waals surface area (Å²) in [4.78, 5) is 0. The second-order valence-electron chi connectivity index (χ2n) is 7.73. The molecule has 0 radical (unpaired) electrons. The van der Waals surface area contributed by atoms with E-state index in [0.29, 0.717) is 92.5 Å². The molecule has 0 unspecified atom stereocenters. The molecular formula is C23H48O7. The summed E-state index contributed by atoms with van der Waals surface area (Å²) >= 11 is 0. The highest BCUT2D eigenvalue weighted by Gasteiger charge is 2.36. The van der Waals surface area contributed by atoms with Gasteiger partial charge in [-0.25, -0.2) is 0 Å². The van der Waals surface area contributed by atoms with Gasteiger partial charge in [-0.2, -0.15) is 0 Å². The Bertz CT molecular complexity index is 336. The average Bonchev–Trinajstić information content (AvgIpc) is 2.77. The molecule has 0 saturated carbocycles. The molecule has 7 heteroatoms. The first-order valence-corrected chi connectivity index (χ1v) is 11.6. The number of rotatable bonds is 23. The van der Waals surface area contributed by atoms with Gasteiger partial charge < -0.3 is 33.2 Å². The summed E-state index contributed by atoms with van der Waals surface area (Å²) in [6.45, 7) is 20.1. The monoisotopic (exact) mass is 436 g/mol. The van der Waals surface area contributed by atoms with Crippen LogP contribution in [0.5, 0.6) is 0 Å². The standard InChI is InChI=1S/C23H48O7/c1-7-13-29-19-23(17-27-11-5,18-28-12-6)21-30-20-22(14-24-8-2,15-25-9-3)16-26-10-4/h7-21H2,1-6H3. The Morgan fingerprint density at radius 3 is 0.900 bits per heavy atom. The third-order valence-corrected chi connectivity index (χ3v) is 4.64. The Balaban J connectivity index is 5.24. The van der Waals surface area contributed by atoms with Gasteiger partial charge in [-0.3, -0.25) is 0 Å². The van der Waals surface area contributed by atoms with E-state index in [0.717, 1.165) is 6.42 Å². The lowest BCUT2D eigenvalue weighted by atomic mass is 9.90. The van der Waals surface area contributed by atoms with Crippen LogP contribution in [0.4, 0.5) is 0 Å². The normalized spacial score (nSPS) is 12.6. The first-order valence-electron chi connectivity index (χ1n) is 11.6. The van der Waals surface area contributed by atoms with Crippen molar-refractivity contribution in [3.63, 3.8) is 0 Å². The molecule has 0 aromatic heterocycles. The molecule has 182 valence electrons. The molecule has 0 N–H and O–H groups in total. The molecule has 0 aromatic carbocycles. The van der Waals surface area contributed by atoms with Crippen molar-refractivity contribution in [2.45, 2.75) is 48.0 Å². The van der Waals surface area contributed by atoms with Gasteiger partial charge in [0.05, 0.1) is 63.7 Å². The van der Waals surface area contributed by atoms with E-state index >= 15 is 0 Å². The van der Waals surface area contributed by atoms with Crippen LogP contribution in [0, 0.1) is 10.8 Å². The lowest BCUT2D eigenvalue weighted by Crippen LogP contribution is -2.46. The molecule has 0 spiro atoms. The van der Waals surface area contributed by atoms with E-state index in [2.05, 4.69) is 6.92 Å². The first kappa shape index (κ1) is 29.7. The molecule has 0 aliphatic heterocycles. The third-order valence-electron chi connectivity index (χ3n) is 4.64. The van der Waals surface area contributed by atoms with Crippen molar-refractivity contribution < 1.29 is 33.2 Å². The minimum atomic E-state index is -0.352. The predicted octanol–water partition coefficient (Wildman–Crippen LogP) is 3.58. The molecule has 0 atom stereocenters. The lowest BCUT2D eigenvalue weighted by Gasteiger charge is -2.36. The second kappa shape index (κ2) is 19.4. The fourth-order valence-corrected chi connectivity index (χ4v) is 3.01. The Hall–Kier alpha value is -0.280. The molecule has 0 fully saturated rings. The van der Waals surface area contributed by atoms with Crippen LogP contribution in [0.1, 0.15) is 48.0 Å². The van der Waals surface area contributed by atoms with Crippen molar-refractivity contribution in [2.75, 3.05) is 92.5 Å². The topological polar surface area (TPSA) is 64.6 Å². The van der Waals surface area contributed by atoms with Crippen LogP contribution >= 0.6 is 0 Å². The maximum atomic E-state index is 6.30. The zero-order valence-corrected chi connectivity index (χ0v) is 20.5. The van der Waals surface area contributed by atoms with Crippen molar-refractivity contribution in [1.82, 2.24) is 0 Å². The highest BCUT2D eigenvalue weighted by Crippen LogP contribution is 2.25. The fourth-order valence-electron chi connectivity index (χ4n) is 3.01. The summed E-state index contributed by atoms with van der Waals surface area (Å²) in [6, 6.07) is 0. The van der Waals surface area contributed by atoms with Crippen LogP contribution in [0.2, 0.25) is 0 Å². The Labute approximate surface area is 185 Å². The quantitative estimate of drug-likeness (QED) is 0.227. The summed E-state index contributed by atoms with van der Waals surface area (Å²) in [5, 5.41) is 0. The maximum Gasteiger partial charge on any atom is 0.0637 e. The van der Waals surface area contributed by atoms with Crippen LogP contribution in [0.3, 0.4) is 0 Å². The molecule has 0 rings (SSSR count). The van der Waals surface area contributed by atoms with E-state index in [9.17, 15) is 0 Å². The molecular weight excluding hydrogens is 388 g/mol. The predicted molar refractivity (Wildman–Crippen MR) is 119 cm³/mol. The van der Waals surface area contributed by atoms with Crippen molar-refractivity contribution in [3.05, 3.63) is 0 Å². The molecule has 0 aromatic rings. The van der Waals surface area contributed by atoms with Crippen LogP contribution in [-0.2, 0) is 33.2 Å². The van der Waals surface area contributed by atoms with Gasteiger partial charge in [0, 0.05) is 39.6 Å². The van der Waals surface area contributed by atoms with Gasteiger partial charge in [-0.15, -0.1) is 0 Å². The van der Waals surface area contributed by atoms with E-state index in [1.807, 2.05) is 34.6 Å². The van der Waals surface area contributed by atoms with Gasteiger partial charge >= 0.3 is 0 Å². The second-order valence-corrected chi connectivity index (χ2v) is 7.73. The molecule has 7 nitrogen and oxygen atoms in total. The van der Waals surface area contributed by atoms with Gasteiger partial charge in [-0.1, -0.05) is 6.92 Å². The number of hydrogen-bond acceptors (Lipinski definition) is 7. The zero-order valence-electron chi connectivity index (χ0n) is 20.5. The van der Waals surface area contributed by atoms with Gasteiger partial charge in [0.1, 0.15) is 0 Å². The lowest BCUT2D eigenvalue weighted by molar-refractivity contribution is -0.140.